The number of aromatic nitrogens is 3. The first-order valence-electron chi connectivity index (χ1n) is 7.15. The fourth-order valence-electron chi connectivity index (χ4n) is 2.52. The summed E-state index contributed by atoms with van der Waals surface area (Å²) in [5, 5.41) is 9.41. The summed E-state index contributed by atoms with van der Waals surface area (Å²) in [7, 11) is 0. The van der Waals surface area contributed by atoms with Crippen LogP contribution in [0.5, 0.6) is 0 Å². The van der Waals surface area contributed by atoms with Crippen molar-refractivity contribution in [2.24, 2.45) is 0 Å². The van der Waals surface area contributed by atoms with E-state index in [0.717, 1.165) is 5.56 Å². The number of aliphatic carboxylic acids is 1. The molecular formula is C17H15N3O3. The molecule has 0 aliphatic carbocycles. The maximum Gasteiger partial charge on any atom is 0.326 e. The Kier molecular flexibility index (Phi) is 3.65. The summed E-state index contributed by atoms with van der Waals surface area (Å²) < 4.78 is 1.65. The summed E-state index contributed by atoms with van der Waals surface area (Å²) in [6.45, 7) is 3.09. The van der Waals surface area contributed by atoms with Crippen LogP contribution in [0.25, 0.3) is 22.4 Å². The van der Waals surface area contributed by atoms with Crippen molar-refractivity contribution in [2.75, 3.05) is 0 Å². The van der Waals surface area contributed by atoms with Crippen LogP contribution >= 0.6 is 0 Å². The number of fused-ring (bicyclic) bond motifs is 1. The third-order valence-corrected chi connectivity index (χ3v) is 3.76. The second kappa shape index (κ2) is 5.64. The topological polar surface area (TPSA) is 85.1 Å². The van der Waals surface area contributed by atoms with Gasteiger partial charge in [0.05, 0.1) is 11.0 Å². The highest BCUT2D eigenvalue weighted by molar-refractivity contribution is 5.98. The van der Waals surface area contributed by atoms with Crippen molar-refractivity contribution in [3.05, 3.63) is 48.3 Å². The zero-order valence-electron chi connectivity index (χ0n) is 12.7. The Labute approximate surface area is 132 Å². The fourth-order valence-corrected chi connectivity index (χ4v) is 2.52. The summed E-state index contributed by atoms with van der Waals surface area (Å²) in [6, 6.07) is 7.90. The van der Waals surface area contributed by atoms with Crippen LogP contribution in [0.3, 0.4) is 0 Å². The summed E-state index contributed by atoms with van der Waals surface area (Å²) >= 11 is 0. The first-order chi connectivity index (χ1) is 11.0. The number of hydrogen-bond acceptors (Lipinski definition) is 4. The Bertz CT molecular complexity index is 900. The van der Waals surface area contributed by atoms with E-state index in [2.05, 4.69) is 9.97 Å². The third-order valence-electron chi connectivity index (χ3n) is 3.76. The third kappa shape index (κ3) is 2.59. The molecule has 116 valence electrons. The van der Waals surface area contributed by atoms with Crippen LogP contribution in [0.4, 0.5) is 0 Å². The molecule has 1 atom stereocenters. The standard InChI is InChI=1S/C17H15N3O3/c1-10(17(22)23)20-15-6-5-12(11(2)21)8-14(15)19-16(20)13-4-3-7-18-9-13/h3-10H,1-2H3,(H,22,23). The van der Waals surface area contributed by atoms with E-state index in [-0.39, 0.29) is 5.78 Å². The molecule has 0 saturated carbocycles. The van der Waals surface area contributed by atoms with E-state index in [4.69, 9.17) is 0 Å². The molecule has 0 fully saturated rings. The number of imidazole rings is 1. The molecular weight excluding hydrogens is 294 g/mol. The first kappa shape index (κ1) is 14.9. The number of rotatable bonds is 4. The van der Waals surface area contributed by atoms with E-state index >= 15 is 0 Å². The lowest BCUT2D eigenvalue weighted by molar-refractivity contribution is -0.140. The highest BCUT2D eigenvalue weighted by atomic mass is 16.4. The van der Waals surface area contributed by atoms with Crippen LogP contribution in [-0.4, -0.2) is 31.4 Å². The predicted molar refractivity (Wildman–Crippen MR) is 85.3 cm³/mol. The molecule has 6 nitrogen and oxygen atoms in total. The number of carboxylic acids is 1. The molecule has 23 heavy (non-hydrogen) atoms. The van der Waals surface area contributed by atoms with Crippen molar-refractivity contribution in [3.63, 3.8) is 0 Å². The summed E-state index contributed by atoms with van der Waals surface area (Å²) in [4.78, 5) is 31.6. The molecule has 0 radical (unpaired) electrons. The van der Waals surface area contributed by atoms with E-state index in [1.807, 2.05) is 6.07 Å². The van der Waals surface area contributed by atoms with Crippen molar-refractivity contribution >= 4 is 22.8 Å². The molecule has 2 heterocycles. The average molecular weight is 309 g/mol. The Hall–Kier alpha value is -3.02. The lowest BCUT2D eigenvalue weighted by Gasteiger charge is -2.13. The first-order valence-corrected chi connectivity index (χ1v) is 7.15. The minimum atomic E-state index is -0.954. The van der Waals surface area contributed by atoms with E-state index < -0.39 is 12.0 Å². The second-order valence-electron chi connectivity index (χ2n) is 5.32. The van der Waals surface area contributed by atoms with Gasteiger partial charge in [-0.15, -0.1) is 0 Å². The van der Waals surface area contributed by atoms with Crippen molar-refractivity contribution in [2.45, 2.75) is 19.9 Å². The van der Waals surface area contributed by atoms with Crippen LogP contribution in [0, 0.1) is 0 Å². The summed E-state index contributed by atoms with van der Waals surface area (Å²) in [5.74, 6) is -0.496. The fraction of sp³-hybridized carbons (Fsp3) is 0.176. The lowest BCUT2D eigenvalue weighted by atomic mass is 10.1. The molecule has 0 saturated heterocycles. The number of carboxylic acid groups (broad SMARTS) is 1. The zero-order chi connectivity index (χ0) is 16.6. The van der Waals surface area contributed by atoms with Crippen LogP contribution in [-0.2, 0) is 4.79 Å². The van der Waals surface area contributed by atoms with Gasteiger partial charge in [-0.2, -0.15) is 0 Å². The molecule has 3 rings (SSSR count). The number of benzene rings is 1. The number of ketones is 1. The summed E-state index contributed by atoms with van der Waals surface area (Å²) in [5.41, 5.74) is 2.53. The molecule has 0 aliphatic rings. The van der Waals surface area contributed by atoms with Crippen molar-refractivity contribution in [1.82, 2.24) is 14.5 Å². The average Bonchev–Trinajstić information content (AvgIpc) is 2.93. The van der Waals surface area contributed by atoms with E-state index in [0.29, 0.717) is 22.4 Å². The van der Waals surface area contributed by atoms with E-state index in [9.17, 15) is 14.7 Å². The Morgan fingerprint density at radius 1 is 1.26 bits per heavy atom. The van der Waals surface area contributed by atoms with Gasteiger partial charge in [-0.25, -0.2) is 9.78 Å². The predicted octanol–water partition coefficient (Wildman–Crippen LogP) is 2.95. The van der Waals surface area contributed by atoms with Gasteiger partial charge in [-0.3, -0.25) is 9.78 Å². The van der Waals surface area contributed by atoms with Crippen LogP contribution in [0.1, 0.15) is 30.2 Å². The SMILES string of the molecule is CC(=O)c1ccc2c(c1)nc(-c1cccnc1)n2C(C)C(=O)O. The van der Waals surface area contributed by atoms with Gasteiger partial charge < -0.3 is 9.67 Å². The minimum Gasteiger partial charge on any atom is -0.480 e. The normalized spacial score (nSPS) is 12.3. The monoisotopic (exact) mass is 309 g/mol. The van der Waals surface area contributed by atoms with Gasteiger partial charge in [0.2, 0.25) is 0 Å². The molecule has 1 aromatic carbocycles. The smallest absolute Gasteiger partial charge is 0.326 e. The van der Waals surface area contributed by atoms with E-state index in [1.54, 1.807) is 48.1 Å². The zero-order valence-corrected chi connectivity index (χ0v) is 12.7. The number of nitrogens with zero attached hydrogens (tertiary/aromatic N) is 3. The van der Waals surface area contributed by atoms with Gasteiger partial charge in [-0.05, 0) is 44.2 Å². The number of pyridine rings is 1. The Morgan fingerprint density at radius 2 is 2.04 bits per heavy atom. The molecule has 0 bridgehead atoms. The summed E-state index contributed by atoms with van der Waals surface area (Å²) in [6.07, 6.45) is 3.28. The Morgan fingerprint density at radius 3 is 2.65 bits per heavy atom. The molecule has 1 unspecified atom stereocenters. The number of carbonyl (C=O) groups is 2. The second-order valence-corrected chi connectivity index (χ2v) is 5.32. The van der Waals surface area contributed by atoms with Crippen molar-refractivity contribution in [1.29, 1.82) is 0 Å². The highest BCUT2D eigenvalue weighted by Crippen LogP contribution is 2.29. The van der Waals surface area contributed by atoms with Gasteiger partial charge in [0.15, 0.2) is 5.78 Å². The molecule has 0 spiro atoms. The number of hydrogen-bond donors (Lipinski definition) is 1. The van der Waals surface area contributed by atoms with Gasteiger partial charge in [0.25, 0.3) is 0 Å². The van der Waals surface area contributed by atoms with Crippen LogP contribution in [0.15, 0.2) is 42.7 Å². The highest BCUT2D eigenvalue weighted by Gasteiger charge is 2.22. The Balaban J connectivity index is 2.31. The molecule has 3 aromatic rings. The van der Waals surface area contributed by atoms with E-state index in [1.165, 1.54) is 6.92 Å². The minimum absolute atomic E-state index is 0.0596. The van der Waals surface area contributed by atoms with Gasteiger partial charge in [-0.1, -0.05) is 0 Å². The van der Waals surface area contributed by atoms with Gasteiger partial charge >= 0.3 is 5.97 Å². The molecule has 6 heteroatoms. The van der Waals surface area contributed by atoms with Crippen molar-refractivity contribution in [3.8, 4) is 11.4 Å². The van der Waals surface area contributed by atoms with Crippen LogP contribution < -0.4 is 0 Å². The largest absolute Gasteiger partial charge is 0.480 e. The number of carbonyl (C=O) groups excluding carboxylic acids is 1. The van der Waals surface area contributed by atoms with Gasteiger partial charge in [0.1, 0.15) is 11.9 Å². The van der Waals surface area contributed by atoms with Crippen molar-refractivity contribution < 1.29 is 14.7 Å². The molecule has 2 aromatic heterocycles. The maximum absolute atomic E-state index is 11.6. The molecule has 1 N–H and O–H groups in total. The molecule has 0 amide bonds. The molecule has 0 aliphatic heterocycles. The maximum atomic E-state index is 11.6. The lowest BCUT2D eigenvalue weighted by Crippen LogP contribution is -2.16. The van der Waals surface area contributed by atoms with Gasteiger partial charge in [0, 0.05) is 23.5 Å². The van der Waals surface area contributed by atoms with Crippen LogP contribution in [0.2, 0.25) is 0 Å². The number of Topliss-reactive ketones (excluding diaryl/α,β-unsaturated/α-hetero) is 1. The quantitative estimate of drug-likeness (QED) is 0.749.